The first-order chi connectivity index (χ1) is 14.2. The minimum absolute atomic E-state index is 0.123. The van der Waals surface area contributed by atoms with Gasteiger partial charge in [-0.25, -0.2) is 4.79 Å². The average molecular weight is 468 g/mol. The smallest absolute Gasteiger partial charge is 0.327 e. The summed E-state index contributed by atoms with van der Waals surface area (Å²) in [6.07, 6.45) is 3.77. The Bertz CT molecular complexity index is 569. The van der Waals surface area contributed by atoms with Crippen LogP contribution in [0.3, 0.4) is 0 Å². The van der Waals surface area contributed by atoms with Gasteiger partial charge in [-0.15, -0.1) is 0 Å². The van der Waals surface area contributed by atoms with Crippen molar-refractivity contribution in [3.8, 4) is 0 Å². The van der Waals surface area contributed by atoms with E-state index in [4.69, 9.17) is 16.6 Å². The van der Waals surface area contributed by atoms with Crippen molar-refractivity contribution in [2.45, 2.75) is 49.9 Å². The highest BCUT2D eigenvalue weighted by Crippen LogP contribution is 2.04. The maximum Gasteiger partial charge on any atom is 0.327 e. The molecule has 11 nitrogen and oxygen atoms in total. The first-order valence-corrected chi connectivity index (χ1v) is 11.5. The van der Waals surface area contributed by atoms with Crippen LogP contribution >= 0.6 is 24.4 Å². The molecule has 0 radical (unpaired) electrons. The molecule has 0 aromatic heterocycles. The van der Waals surface area contributed by atoms with Crippen molar-refractivity contribution in [2.24, 2.45) is 11.5 Å². The molecule has 0 fully saturated rings. The number of amides is 3. The number of nitrogens with one attached hydrogen (secondary N) is 3. The Labute approximate surface area is 185 Å². The van der Waals surface area contributed by atoms with Gasteiger partial charge in [0, 0.05) is 5.75 Å². The molecule has 0 saturated heterocycles. The van der Waals surface area contributed by atoms with Crippen LogP contribution in [0, 0.1) is 0 Å². The first kappa shape index (κ1) is 28.5. The molecule has 0 saturated carbocycles. The van der Waals surface area contributed by atoms with Gasteiger partial charge in [0.2, 0.25) is 17.7 Å². The van der Waals surface area contributed by atoms with E-state index >= 15 is 0 Å². The van der Waals surface area contributed by atoms with Gasteiger partial charge in [0.05, 0.1) is 12.6 Å². The molecule has 30 heavy (non-hydrogen) atoms. The van der Waals surface area contributed by atoms with Crippen LogP contribution in [0.5, 0.6) is 0 Å². The highest BCUT2D eigenvalue weighted by Gasteiger charge is 2.29. The first-order valence-electron chi connectivity index (χ1n) is 9.51. The third-order valence-corrected chi connectivity index (χ3v) is 5.17. The van der Waals surface area contributed by atoms with Crippen LogP contribution in [0.1, 0.15) is 25.7 Å². The molecule has 0 aromatic rings. The number of carbonyl (C=O) groups excluding carboxylic acids is 3. The Morgan fingerprint density at radius 2 is 1.53 bits per heavy atom. The third kappa shape index (κ3) is 11.0. The van der Waals surface area contributed by atoms with Gasteiger partial charge in [0.1, 0.15) is 18.1 Å². The summed E-state index contributed by atoms with van der Waals surface area (Å²) in [5.74, 6) is -2.94. The van der Waals surface area contributed by atoms with E-state index in [0.717, 1.165) is 0 Å². The summed E-state index contributed by atoms with van der Waals surface area (Å²) >= 11 is 5.32. The number of hydrogen-bond acceptors (Lipinski definition) is 9. The third-order valence-electron chi connectivity index (χ3n) is 4.16. The number of unbranched alkanes of at least 4 members (excludes halogenated alkanes) is 1. The maximum absolute atomic E-state index is 12.5. The van der Waals surface area contributed by atoms with Crippen molar-refractivity contribution in [1.29, 1.82) is 0 Å². The number of nitrogens with two attached hydrogens (primary N) is 2. The van der Waals surface area contributed by atoms with Gasteiger partial charge in [-0.05, 0) is 37.8 Å². The van der Waals surface area contributed by atoms with Crippen molar-refractivity contribution in [3.63, 3.8) is 0 Å². The second-order valence-corrected chi connectivity index (χ2v) is 7.91. The standard InChI is InChI=1S/C17H33N5O6S2/c1-30-7-5-11(15(25)22-13(9-29)17(27)28)20-16(26)12(8-23)21-14(24)10(19)4-2-3-6-18/h10-13,23,29H,2-9,18-19H2,1H3,(H,20,26)(H,21,24)(H,22,25)(H,27,28). The lowest BCUT2D eigenvalue weighted by atomic mass is 10.1. The molecule has 4 atom stereocenters. The fraction of sp³-hybridized carbons (Fsp3) is 0.765. The average Bonchev–Trinajstić information content (AvgIpc) is 2.72. The topological polar surface area (TPSA) is 197 Å². The van der Waals surface area contributed by atoms with Gasteiger partial charge < -0.3 is 37.6 Å². The molecule has 0 aromatic carbocycles. The zero-order valence-electron chi connectivity index (χ0n) is 17.0. The van der Waals surface area contributed by atoms with Crippen LogP contribution in [-0.4, -0.2) is 89.0 Å². The molecule has 0 spiro atoms. The number of aliphatic hydroxyl groups excluding tert-OH is 1. The Balaban J connectivity index is 5.01. The molecule has 13 heteroatoms. The Hall–Kier alpha value is -1.54. The number of thioether (sulfide) groups is 1. The highest BCUT2D eigenvalue weighted by molar-refractivity contribution is 7.98. The van der Waals surface area contributed by atoms with Crippen LogP contribution < -0.4 is 27.4 Å². The normalized spacial score (nSPS) is 14.8. The highest BCUT2D eigenvalue weighted by atomic mass is 32.2. The number of carbonyl (C=O) groups is 4. The fourth-order valence-electron chi connectivity index (χ4n) is 2.35. The number of hydrogen-bond donors (Lipinski definition) is 8. The van der Waals surface area contributed by atoms with Crippen LogP contribution in [0.2, 0.25) is 0 Å². The van der Waals surface area contributed by atoms with E-state index in [1.54, 1.807) is 0 Å². The van der Waals surface area contributed by atoms with E-state index in [0.29, 0.717) is 31.6 Å². The van der Waals surface area contributed by atoms with Gasteiger partial charge in [0.25, 0.3) is 0 Å². The number of aliphatic hydroxyl groups is 1. The van der Waals surface area contributed by atoms with E-state index in [2.05, 4.69) is 28.6 Å². The van der Waals surface area contributed by atoms with Crippen molar-refractivity contribution >= 4 is 48.1 Å². The molecule has 0 bridgehead atoms. The summed E-state index contributed by atoms with van der Waals surface area (Å²) < 4.78 is 0. The largest absolute Gasteiger partial charge is 0.480 e. The lowest BCUT2D eigenvalue weighted by Crippen LogP contribution is -2.58. The quantitative estimate of drug-likeness (QED) is 0.0905. The van der Waals surface area contributed by atoms with Crippen molar-refractivity contribution in [3.05, 3.63) is 0 Å². The minimum atomic E-state index is -1.30. The summed E-state index contributed by atoms with van der Waals surface area (Å²) in [6.45, 7) is -0.218. The fourth-order valence-corrected chi connectivity index (χ4v) is 3.07. The number of aliphatic carboxylic acids is 1. The second-order valence-electron chi connectivity index (χ2n) is 6.56. The lowest BCUT2D eigenvalue weighted by Gasteiger charge is -2.24. The lowest BCUT2D eigenvalue weighted by molar-refractivity contribution is -0.141. The van der Waals surface area contributed by atoms with Crippen LogP contribution in [0.15, 0.2) is 0 Å². The predicted molar refractivity (Wildman–Crippen MR) is 118 cm³/mol. The Kier molecular flexibility index (Phi) is 15.4. The summed E-state index contributed by atoms with van der Waals surface area (Å²) in [6, 6.07) is -4.42. The molecule has 174 valence electrons. The van der Waals surface area contributed by atoms with Crippen molar-refractivity contribution in [1.82, 2.24) is 16.0 Å². The van der Waals surface area contributed by atoms with Gasteiger partial charge in [-0.3, -0.25) is 14.4 Å². The van der Waals surface area contributed by atoms with E-state index in [9.17, 15) is 24.3 Å². The number of rotatable bonds is 16. The van der Waals surface area contributed by atoms with Crippen LogP contribution in [-0.2, 0) is 19.2 Å². The maximum atomic E-state index is 12.5. The molecular weight excluding hydrogens is 434 g/mol. The molecule has 0 aliphatic heterocycles. The van der Waals surface area contributed by atoms with Crippen molar-refractivity contribution in [2.75, 3.05) is 30.9 Å². The van der Waals surface area contributed by atoms with E-state index in [1.807, 2.05) is 6.26 Å². The number of carboxylic acids is 1. The van der Waals surface area contributed by atoms with Crippen LogP contribution in [0.25, 0.3) is 0 Å². The SMILES string of the molecule is CSCCC(NC(=O)C(CO)NC(=O)C(N)CCCCN)C(=O)NC(CS)C(=O)O. The molecule has 4 unspecified atom stereocenters. The molecular formula is C17H33N5O6S2. The number of carboxylic acid groups (broad SMARTS) is 1. The summed E-state index contributed by atoms with van der Waals surface area (Å²) in [5, 5.41) is 25.7. The summed E-state index contributed by atoms with van der Waals surface area (Å²) in [5.41, 5.74) is 11.2. The Morgan fingerprint density at radius 1 is 0.967 bits per heavy atom. The summed E-state index contributed by atoms with van der Waals surface area (Å²) in [7, 11) is 0. The van der Waals surface area contributed by atoms with Gasteiger partial charge in [0.15, 0.2) is 0 Å². The molecule has 3 amide bonds. The second kappa shape index (κ2) is 16.2. The molecule has 0 heterocycles. The zero-order valence-corrected chi connectivity index (χ0v) is 18.7. The van der Waals surface area contributed by atoms with Crippen LogP contribution in [0.4, 0.5) is 0 Å². The van der Waals surface area contributed by atoms with E-state index in [-0.39, 0.29) is 12.2 Å². The van der Waals surface area contributed by atoms with Crippen molar-refractivity contribution < 1.29 is 29.4 Å². The Morgan fingerprint density at radius 3 is 2.03 bits per heavy atom. The number of thiol groups is 1. The van der Waals surface area contributed by atoms with Gasteiger partial charge in [-0.2, -0.15) is 24.4 Å². The predicted octanol–water partition coefficient (Wildman–Crippen LogP) is -2.34. The monoisotopic (exact) mass is 467 g/mol. The molecule has 9 N–H and O–H groups in total. The van der Waals surface area contributed by atoms with Gasteiger partial charge in [-0.1, -0.05) is 6.42 Å². The molecule has 0 aliphatic carbocycles. The minimum Gasteiger partial charge on any atom is -0.480 e. The zero-order chi connectivity index (χ0) is 23.1. The molecule has 0 aliphatic rings. The summed E-state index contributed by atoms with van der Waals surface area (Å²) in [4.78, 5) is 48.2. The molecule has 0 rings (SSSR count). The van der Waals surface area contributed by atoms with E-state index in [1.165, 1.54) is 11.8 Å². The van der Waals surface area contributed by atoms with E-state index < -0.39 is 54.5 Å². The van der Waals surface area contributed by atoms with Gasteiger partial charge >= 0.3 is 5.97 Å².